The van der Waals surface area contributed by atoms with Crippen LogP contribution in [0.1, 0.15) is 13.8 Å². The standard InChI is InChI=1S/C25H23N3O4S/c1-3-31-22-13-7-19(8-14-22)26-25-27(20-11-15-23(16-12-20)32-4-2)24(17-33-25)18-5-9-21(10-6-18)28(29)30/h5-17H,3-4H2,1-2H3. The molecule has 0 unspecified atom stereocenters. The van der Waals surface area contributed by atoms with Gasteiger partial charge in [-0.25, -0.2) is 4.99 Å². The molecule has 4 aromatic rings. The number of benzene rings is 3. The molecule has 7 nitrogen and oxygen atoms in total. The lowest BCUT2D eigenvalue weighted by atomic mass is 10.1. The maximum Gasteiger partial charge on any atom is 0.269 e. The molecule has 0 spiro atoms. The van der Waals surface area contributed by atoms with E-state index in [0.29, 0.717) is 13.2 Å². The first-order valence-electron chi connectivity index (χ1n) is 10.5. The summed E-state index contributed by atoms with van der Waals surface area (Å²) in [4.78, 5) is 16.3. The molecular weight excluding hydrogens is 438 g/mol. The van der Waals surface area contributed by atoms with E-state index in [0.717, 1.165) is 38.9 Å². The molecule has 0 saturated heterocycles. The Bertz CT molecular complexity index is 1290. The average Bonchev–Trinajstić information content (AvgIpc) is 3.25. The molecule has 1 aromatic heterocycles. The fourth-order valence-electron chi connectivity index (χ4n) is 3.35. The van der Waals surface area contributed by atoms with Gasteiger partial charge in [-0.2, -0.15) is 0 Å². The minimum absolute atomic E-state index is 0.0564. The summed E-state index contributed by atoms with van der Waals surface area (Å²) < 4.78 is 13.1. The van der Waals surface area contributed by atoms with Crippen molar-refractivity contribution in [3.63, 3.8) is 0 Å². The summed E-state index contributed by atoms with van der Waals surface area (Å²) in [7, 11) is 0. The van der Waals surface area contributed by atoms with E-state index >= 15 is 0 Å². The van der Waals surface area contributed by atoms with Crippen molar-refractivity contribution in [3.8, 4) is 28.4 Å². The molecule has 4 rings (SSSR count). The Kier molecular flexibility index (Phi) is 6.85. The summed E-state index contributed by atoms with van der Waals surface area (Å²) >= 11 is 1.50. The Balaban J connectivity index is 1.82. The van der Waals surface area contributed by atoms with E-state index in [2.05, 4.69) is 0 Å². The number of nitrogens with zero attached hydrogens (tertiary/aromatic N) is 3. The van der Waals surface area contributed by atoms with Crippen LogP contribution in [0, 0.1) is 10.1 Å². The number of rotatable bonds is 8. The van der Waals surface area contributed by atoms with Gasteiger partial charge in [-0.1, -0.05) is 0 Å². The number of nitro benzene ring substituents is 1. The molecule has 1 heterocycles. The largest absolute Gasteiger partial charge is 0.494 e. The van der Waals surface area contributed by atoms with Crippen molar-refractivity contribution in [1.82, 2.24) is 4.57 Å². The molecule has 0 N–H and O–H groups in total. The molecule has 8 heteroatoms. The third-order valence-corrected chi connectivity index (χ3v) is 5.69. The lowest BCUT2D eigenvalue weighted by Crippen LogP contribution is -2.13. The molecule has 0 saturated carbocycles. The summed E-state index contributed by atoms with van der Waals surface area (Å²) in [6, 6.07) is 22.0. The van der Waals surface area contributed by atoms with Gasteiger partial charge in [0.05, 0.1) is 29.5 Å². The molecule has 3 aromatic carbocycles. The van der Waals surface area contributed by atoms with Crippen molar-refractivity contribution in [3.05, 3.63) is 93.1 Å². The third-order valence-electron chi connectivity index (χ3n) is 4.86. The number of ether oxygens (including phenoxy) is 2. The van der Waals surface area contributed by atoms with Crippen LogP contribution in [0.15, 0.2) is 83.2 Å². The normalized spacial score (nSPS) is 11.4. The highest BCUT2D eigenvalue weighted by Crippen LogP contribution is 2.27. The van der Waals surface area contributed by atoms with E-state index < -0.39 is 4.92 Å². The van der Waals surface area contributed by atoms with E-state index in [1.807, 2.05) is 72.3 Å². The van der Waals surface area contributed by atoms with E-state index in [9.17, 15) is 10.1 Å². The Morgan fingerprint density at radius 1 is 0.879 bits per heavy atom. The van der Waals surface area contributed by atoms with Crippen molar-refractivity contribution in [2.45, 2.75) is 13.8 Å². The van der Waals surface area contributed by atoms with Gasteiger partial charge in [0.2, 0.25) is 0 Å². The first kappa shape index (κ1) is 22.3. The van der Waals surface area contributed by atoms with Crippen LogP contribution in [0.25, 0.3) is 16.9 Å². The van der Waals surface area contributed by atoms with Crippen molar-refractivity contribution in [1.29, 1.82) is 0 Å². The second-order valence-electron chi connectivity index (χ2n) is 7.01. The molecule has 0 aliphatic carbocycles. The van der Waals surface area contributed by atoms with Gasteiger partial charge in [-0.05, 0) is 80.1 Å². The van der Waals surface area contributed by atoms with Crippen LogP contribution < -0.4 is 14.3 Å². The van der Waals surface area contributed by atoms with Gasteiger partial charge in [0, 0.05) is 23.2 Å². The maximum atomic E-state index is 11.1. The summed E-state index contributed by atoms with van der Waals surface area (Å²) in [5.41, 5.74) is 3.52. The van der Waals surface area contributed by atoms with Gasteiger partial charge in [-0.3, -0.25) is 14.7 Å². The third kappa shape index (κ3) is 5.12. The molecule has 0 aliphatic heterocycles. The summed E-state index contributed by atoms with van der Waals surface area (Å²) in [5, 5.41) is 13.1. The molecule has 0 amide bonds. The smallest absolute Gasteiger partial charge is 0.269 e. The second-order valence-corrected chi connectivity index (χ2v) is 7.85. The summed E-state index contributed by atoms with van der Waals surface area (Å²) in [5.74, 6) is 1.59. The van der Waals surface area contributed by atoms with Crippen LogP contribution in [0.5, 0.6) is 11.5 Å². The van der Waals surface area contributed by atoms with E-state index in [4.69, 9.17) is 14.5 Å². The van der Waals surface area contributed by atoms with Crippen LogP contribution in [0.4, 0.5) is 11.4 Å². The molecule has 0 atom stereocenters. The summed E-state index contributed by atoms with van der Waals surface area (Å²) in [6.45, 7) is 5.10. The highest BCUT2D eigenvalue weighted by atomic mass is 32.1. The highest BCUT2D eigenvalue weighted by molar-refractivity contribution is 7.07. The minimum atomic E-state index is -0.398. The van der Waals surface area contributed by atoms with Gasteiger partial charge in [-0.15, -0.1) is 11.3 Å². The Hall–Kier alpha value is -3.91. The van der Waals surface area contributed by atoms with Crippen LogP contribution in [0.3, 0.4) is 0 Å². The van der Waals surface area contributed by atoms with Crippen LogP contribution >= 0.6 is 11.3 Å². The zero-order valence-electron chi connectivity index (χ0n) is 18.3. The zero-order chi connectivity index (χ0) is 23.2. The van der Waals surface area contributed by atoms with Gasteiger partial charge in [0.15, 0.2) is 4.80 Å². The Morgan fingerprint density at radius 2 is 1.45 bits per heavy atom. The predicted octanol–water partition coefficient (Wildman–Crippen LogP) is 6.14. The number of nitro groups is 1. The monoisotopic (exact) mass is 461 g/mol. The molecule has 33 heavy (non-hydrogen) atoms. The van der Waals surface area contributed by atoms with E-state index in [-0.39, 0.29) is 5.69 Å². The molecule has 168 valence electrons. The zero-order valence-corrected chi connectivity index (χ0v) is 19.1. The van der Waals surface area contributed by atoms with Crippen molar-refractivity contribution in [2.75, 3.05) is 13.2 Å². The predicted molar refractivity (Wildman–Crippen MR) is 130 cm³/mol. The number of hydrogen-bond donors (Lipinski definition) is 0. The Morgan fingerprint density at radius 3 is 2.00 bits per heavy atom. The molecular formula is C25H23N3O4S. The Labute approximate surface area is 195 Å². The van der Waals surface area contributed by atoms with Crippen molar-refractivity contribution in [2.24, 2.45) is 4.99 Å². The van der Waals surface area contributed by atoms with Crippen molar-refractivity contribution >= 4 is 22.7 Å². The fraction of sp³-hybridized carbons (Fsp3) is 0.160. The highest BCUT2D eigenvalue weighted by Gasteiger charge is 2.13. The van der Waals surface area contributed by atoms with Gasteiger partial charge >= 0.3 is 0 Å². The molecule has 0 aliphatic rings. The topological polar surface area (TPSA) is 78.9 Å². The van der Waals surface area contributed by atoms with Crippen LogP contribution in [-0.4, -0.2) is 22.7 Å². The van der Waals surface area contributed by atoms with Gasteiger partial charge in [0.25, 0.3) is 5.69 Å². The number of hydrogen-bond acceptors (Lipinski definition) is 6. The van der Waals surface area contributed by atoms with Crippen molar-refractivity contribution < 1.29 is 14.4 Å². The molecule has 0 fully saturated rings. The molecule has 0 radical (unpaired) electrons. The van der Waals surface area contributed by atoms with E-state index in [1.165, 1.54) is 23.5 Å². The minimum Gasteiger partial charge on any atom is -0.494 e. The number of aromatic nitrogens is 1. The number of thiazole rings is 1. The second kappa shape index (κ2) is 10.1. The fourth-order valence-corrected chi connectivity index (χ4v) is 4.27. The quantitative estimate of drug-likeness (QED) is 0.233. The van der Waals surface area contributed by atoms with E-state index in [1.54, 1.807) is 12.1 Å². The lowest BCUT2D eigenvalue weighted by Gasteiger charge is -2.11. The van der Waals surface area contributed by atoms with Crippen LogP contribution in [0.2, 0.25) is 0 Å². The SMILES string of the molecule is CCOc1ccc(N=c2scc(-c3ccc([N+](=O)[O-])cc3)n2-c2ccc(OCC)cc2)cc1. The van der Waals surface area contributed by atoms with Gasteiger partial charge in [0.1, 0.15) is 11.5 Å². The first-order valence-corrected chi connectivity index (χ1v) is 11.4. The average molecular weight is 462 g/mol. The molecule has 0 bridgehead atoms. The lowest BCUT2D eigenvalue weighted by molar-refractivity contribution is -0.384. The number of non-ortho nitro benzene ring substituents is 1. The van der Waals surface area contributed by atoms with Gasteiger partial charge < -0.3 is 9.47 Å². The summed E-state index contributed by atoms with van der Waals surface area (Å²) in [6.07, 6.45) is 0. The first-order chi connectivity index (χ1) is 16.1. The maximum absolute atomic E-state index is 11.1. The van der Waals surface area contributed by atoms with Crippen LogP contribution in [-0.2, 0) is 0 Å².